The van der Waals surface area contributed by atoms with E-state index >= 15 is 0 Å². The second-order valence-electron chi connectivity index (χ2n) is 10.2. The van der Waals surface area contributed by atoms with Crippen LogP contribution in [0.15, 0.2) is 54.6 Å². The van der Waals surface area contributed by atoms with Gasteiger partial charge >= 0.3 is 0 Å². The number of para-hydroxylation sites is 1. The van der Waals surface area contributed by atoms with E-state index in [-0.39, 0.29) is 42.6 Å². The summed E-state index contributed by atoms with van der Waals surface area (Å²) in [6.45, 7) is 3.91. The summed E-state index contributed by atoms with van der Waals surface area (Å²) >= 11 is 0. The Hall–Kier alpha value is -3.22. The van der Waals surface area contributed by atoms with Gasteiger partial charge in [0.15, 0.2) is 0 Å². The van der Waals surface area contributed by atoms with Crippen molar-refractivity contribution in [3.63, 3.8) is 0 Å². The van der Waals surface area contributed by atoms with E-state index < -0.39 is 11.2 Å². The summed E-state index contributed by atoms with van der Waals surface area (Å²) in [4.78, 5) is 46.2. The van der Waals surface area contributed by atoms with Crippen molar-refractivity contribution in [2.75, 3.05) is 24.5 Å². The van der Waals surface area contributed by atoms with Crippen molar-refractivity contribution in [1.29, 1.82) is 0 Å². The Kier molecular flexibility index (Phi) is 6.34. The number of piperazine rings is 1. The van der Waals surface area contributed by atoms with Crippen LogP contribution in [0.5, 0.6) is 0 Å². The average molecular weight is 478 g/mol. The van der Waals surface area contributed by atoms with Crippen LogP contribution in [0.3, 0.4) is 0 Å². The minimum absolute atomic E-state index is 0.0563. The Bertz CT molecular complexity index is 1120. The Morgan fingerprint density at radius 3 is 2.46 bits per heavy atom. The van der Waals surface area contributed by atoms with Crippen LogP contribution in [0, 0.1) is 5.82 Å². The molecule has 0 N–H and O–H groups in total. The van der Waals surface area contributed by atoms with Crippen molar-refractivity contribution in [2.24, 2.45) is 0 Å². The van der Waals surface area contributed by atoms with E-state index in [1.807, 2.05) is 30.0 Å². The van der Waals surface area contributed by atoms with Crippen LogP contribution in [0.1, 0.15) is 51.0 Å². The van der Waals surface area contributed by atoms with Crippen LogP contribution >= 0.6 is 0 Å². The minimum Gasteiger partial charge on any atom is -0.368 e. The topological polar surface area (TPSA) is 60.9 Å². The molecule has 3 fully saturated rings. The first-order valence-corrected chi connectivity index (χ1v) is 12.6. The zero-order chi connectivity index (χ0) is 24.6. The second-order valence-corrected chi connectivity index (χ2v) is 10.2. The minimum atomic E-state index is -1.35. The van der Waals surface area contributed by atoms with Gasteiger partial charge in [-0.2, -0.15) is 0 Å². The molecule has 0 aromatic heterocycles. The first kappa shape index (κ1) is 23.5. The van der Waals surface area contributed by atoms with Gasteiger partial charge in [0, 0.05) is 50.2 Å². The summed E-state index contributed by atoms with van der Waals surface area (Å²) in [6, 6.07) is 15.8. The fourth-order valence-corrected chi connectivity index (χ4v) is 6.11. The highest BCUT2D eigenvalue weighted by molar-refractivity contribution is 6.11. The van der Waals surface area contributed by atoms with Crippen molar-refractivity contribution in [3.8, 4) is 0 Å². The van der Waals surface area contributed by atoms with Gasteiger partial charge in [-0.3, -0.25) is 19.3 Å². The Morgan fingerprint density at radius 2 is 1.77 bits per heavy atom. The molecule has 2 heterocycles. The predicted molar refractivity (Wildman–Crippen MR) is 131 cm³/mol. The number of benzene rings is 2. The van der Waals surface area contributed by atoms with Gasteiger partial charge in [0.25, 0.3) is 0 Å². The molecule has 35 heavy (non-hydrogen) atoms. The zero-order valence-corrected chi connectivity index (χ0v) is 20.2. The highest BCUT2D eigenvalue weighted by atomic mass is 19.1. The predicted octanol–water partition coefficient (Wildman–Crippen LogP) is 3.89. The highest BCUT2D eigenvalue weighted by Crippen LogP contribution is 2.43. The maximum Gasteiger partial charge on any atom is 0.241 e. The molecule has 2 aromatic rings. The summed E-state index contributed by atoms with van der Waals surface area (Å²) in [5.74, 6) is -1.23. The molecule has 1 saturated carbocycles. The molecule has 0 bridgehead atoms. The molecule has 5 rings (SSSR count). The second kappa shape index (κ2) is 9.44. The molecule has 2 aliphatic heterocycles. The van der Waals surface area contributed by atoms with Crippen molar-refractivity contribution < 1.29 is 18.8 Å². The van der Waals surface area contributed by atoms with Crippen LogP contribution in [0.25, 0.3) is 0 Å². The molecule has 3 amide bonds. The summed E-state index contributed by atoms with van der Waals surface area (Å²) in [5.41, 5.74) is 0.182. The number of anilines is 1. The van der Waals surface area contributed by atoms with E-state index in [1.165, 1.54) is 17.0 Å². The highest BCUT2D eigenvalue weighted by Gasteiger charge is 2.56. The lowest BCUT2D eigenvalue weighted by Gasteiger charge is -2.42. The van der Waals surface area contributed by atoms with E-state index in [0.717, 1.165) is 31.4 Å². The van der Waals surface area contributed by atoms with E-state index in [2.05, 4.69) is 17.0 Å². The largest absolute Gasteiger partial charge is 0.368 e. The van der Waals surface area contributed by atoms with E-state index in [4.69, 9.17) is 0 Å². The number of hydrogen-bond donors (Lipinski definition) is 0. The normalized spacial score (nSPS) is 25.5. The van der Waals surface area contributed by atoms with Crippen LogP contribution in [0.2, 0.25) is 0 Å². The van der Waals surface area contributed by atoms with E-state index in [0.29, 0.717) is 25.2 Å². The standard InChI is InChI=1S/C28H32FN3O3/c1-20-19-30(23-10-3-2-4-11-23)14-15-31(20)25(33)17-28(21-8-7-9-22(29)16-21)18-26(34)32(27(28)35)24-12-5-6-13-24/h2-4,7-11,16,20,24H,5-6,12-15,17-19H2,1H3/t20-,28-/m0/s1. The van der Waals surface area contributed by atoms with Gasteiger partial charge in [0.1, 0.15) is 5.82 Å². The smallest absolute Gasteiger partial charge is 0.241 e. The lowest BCUT2D eigenvalue weighted by Crippen LogP contribution is -2.55. The number of carbonyl (C=O) groups excluding carboxylic acids is 3. The van der Waals surface area contributed by atoms with E-state index in [1.54, 1.807) is 12.1 Å². The Labute approximate surface area is 205 Å². The van der Waals surface area contributed by atoms with Gasteiger partial charge in [-0.25, -0.2) is 4.39 Å². The molecule has 2 saturated heterocycles. The fraction of sp³-hybridized carbons (Fsp3) is 0.464. The third-order valence-corrected chi connectivity index (χ3v) is 7.94. The summed E-state index contributed by atoms with van der Waals surface area (Å²) in [6.07, 6.45) is 3.34. The summed E-state index contributed by atoms with van der Waals surface area (Å²) < 4.78 is 14.3. The quantitative estimate of drug-likeness (QED) is 0.613. The summed E-state index contributed by atoms with van der Waals surface area (Å²) in [5, 5.41) is 0. The number of rotatable bonds is 5. The number of carbonyl (C=O) groups is 3. The molecule has 184 valence electrons. The number of imide groups is 1. The van der Waals surface area contributed by atoms with Gasteiger partial charge in [-0.1, -0.05) is 43.2 Å². The number of likely N-dealkylation sites (tertiary alicyclic amines) is 1. The zero-order valence-electron chi connectivity index (χ0n) is 20.2. The van der Waals surface area contributed by atoms with Crippen LogP contribution in [-0.2, 0) is 19.8 Å². The van der Waals surface area contributed by atoms with Gasteiger partial charge < -0.3 is 9.80 Å². The lowest BCUT2D eigenvalue weighted by atomic mass is 9.75. The Balaban J connectivity index is 1.40. The molecule has 0 radical (unpaired) electrons. The SMILES string of the molecule is C[C@H]1CN(c2ccccc2)CCN1C(=O)C[C@@]1(c2cccc(F)c2)CC(=O)N(C2CCCC2)C1=O. The van der Waals surface area contributed by atoms with Crippen LogP contribution in [0.4, 0.5) is 10.1 Å². The van der Waals surface area contributed by atoms with Gasteiger partial charge in [-0.15, -0.1) is 0 Å². The van der Waals surface area contributed by atoms with Gasteiger partial charge in [0.05, 0.1) is 5.41 Å². The van der Waals surface area contributed by atoms with Crippen LogP contribution < -0.4 is 4.90 Å². The van der Waals surface area contributed by atoms with Crippen molar-refractivity contribution in [2.45, 2.75) is 62.9 Å². The van der Waals surface area contributed by atoms with Crippen molar-refractivity contribution in [1.82, 2.24) is 9.80 Å². The average Bonchev–Trinajstić information content (AvgIpc) is 3.46. The van der Waals surface area contributed by atoms with Gasteiger partial charge in [-0.05, 0) is 49.6 Å². The maximum atomic E-state index is 14.3. The lowest BCUT2D eigenvalue weighted by molar-refractivity contribution is -0.145. The number of nitrogens with zero attached hydrogens (tertiary/aromatic N) is 3. The number of hydrogen-bond acceptors (Lipinski definition) is 4. The Morgan fingerprint density at radius 1 is 1.03 bits per heavy atom. The fourth-order valence-electron chi connectivity index (χ4n) is 6.11. The number of amides is 3. The summed E-state index contributed by atoms with van der Waals surface area (Å²) in [7, 11) is 0. The van der Waals surface area contributed by atoms with E-state index in [9.17, 15) is 18.8 Å². The molecule has 2 atom stereocenters. The molecular weight excluding hydrogens is 445 g/mol. The first-order chi connectivity index (χ1) is 16.9. The molecule has 0 spiro atoms. The monoisotopic (exact) mass is 477 g/mol. The third kappa shape index (κ3) is 4.32. The molecule has 7 heteroatoms. The van der Waals surface area contributed by atoms with Crippen molar-refractivity contribution >= 4 is 23.4 Å². The third-order valence-electron chi connectivity index (χ3n) is 7.94. The molecular formula is C28H32FN3O3. The van der Waals surface area contributed by atoms with Crippen LogP contribution in [-0.4, -0.2) is 59.2 Å². The number of halogens is 1. The van der Waals surface area contributed by atoms with Crippen molar-refractivity contribution in [3.05, 3.63) is 66.0 Å². The van der Waals surface area contributed by atoms with Gasteiger partial charge in [0.2, 0.25) is 17.7 Å². The molecule has 3 aliphatic rings. The molecule has 1 aliphatic carbocycles. The first-order valence-electron chi connectivity index (χ1n) is 12.6. The molecule has 2 aromatic carbocycles. The molecule has 6 nitrogen and oxygen atoms in total. The molecule has 0 unspecified atom stereocenters. The maximum absolute atomic E-state index is 14.3.